The van der Waals surface area contributed by atoms with Gasteiger partial charge in [-0.15, -0.1) is 11.3 Å². The smallest absolute Gasteiger partial charge is 0.266 e. The fourth-order valence-electron chi connectivity index (χ4n) is 5.33. The molecule has 0 aromatic carbocycles. The standard InChI is InChI=1S/C24H30N4O2S/c1-15-7-5-8-16(2)27(15)14-12-25-22(29)18-10-6-13-28-21(18)26-23-20(24(28)30)17-9-3-4-11-19(17)31-23/h6,10,13,15-16H,3-5,7-9,11-12,14H2,1-2H3,(H,25,29)/t15-,16-/m1/s1. The van der Waals surface area contributed by atoms with Gasteiger partial charge in [0, 0.05) is 36.2 Å². The SMILES string of the molecule is C[C@@H]1CCC[C@@H](C)N1CCNC(=O)c1cccn2c(=O)c3c4c(sc3nc12)CCCC4. The minimum atomic E-state index is -0.164. The molecule has 1 saturated heterocycles. The quantitative estimate of drug-likeness (QED) is 0.673. The number of carbonyl (C=O) groups excluding carboxylic acids is 1. The van der Waals surface area contributed by atoms with E-state index >= 15 is 0 Å². The summed E-state index contributed by atoms with van der Waals surface area (Å²) in [4.78, 5) is 35.6. The lowest BCUT2D eigenvalue weighted by molar-refractivity contribution is 0.0890. The summed E-state index contributed by atoms with van der Waals surface area (Å²) in [5, 5.41) is 3.82. The minimum Gasteiger partial charge on any atom is -0.351 e. The largest absolute Gasteiger partial charge is 0.351 e. The number of rotatable bonds is 4. The van der Waals surface area contributed by atoms with Crippen molar-refractivity contribution in [1.82, 2.24) is 19.6 Å². The van der Waals surface area contributed by atoms with Crippen LogP contribution < -0.4 is 10.9 Å². The zero-order valence-corrected chi connectivity index (χ0v) is 19.1. The molecule has 0 radical (unpaired) electrons. The first-order chi connectivity index (χ1) is 15.0. The van der Waals surface area contributed by atoms with Gasteiger partial charge in [-0.25, -0.2) is 4.98 Å². The van der Waals surface area contributed by atoms with E-state index < -0.39 is 0 Å². The van der Waals surface area contributed by atoms with Crippen LogP contribution in [0.3, 0.4) is 0 Å². The van der Waals surface area contributed by atoms with Crippen LogP contribution in [0.1, 0.15) is 66.8 Å². The van der Waals surface area contributed by atoms with Crippen molar-refractivity contribution in [2.75, 3.05) is 13.1 Å². The molecule has 1 aliphatic carbocycles. The summed E-state index contributed by atoms with van der Waals surface area (Å²) in [6.45, 7) is 5.97. The van der Waals surface area contributed by atoms with Gasteiger partial charge < -0.3 is 5.32 Å². The van der Waals surface area contributed by atoms with Crippen molar-refractivity contribution in [3.63, 3.8) is 0 Å². The highest BCUT2D eigenvalue weighted by atomic mass is 32.1. The number of pyridine rings is 1. The van der Waals surface area contributed by atoms with Gasteiger partial charge in [-0.2, -0.15) is 0 Å². The van der Waals surface area contributed by atoms with Crippen molar-refractivity contribution in [3.8, 4) is 0 Å². The summed E-state index contributed by atoms with van der Waals surface area (Å²) in [7, 11) is 0. The maximum Gasteiger partial charge on any atom is 0.266 e. The molecule has 164 valence electrons. The lowest BCUT2D eigenvalue weighted by Crippen LogP contribution is -2.47. The van der Waals surface area contributed by atoms with E-state index in [0.29, 0.717) is 29.8 Å². The maximum absolute atomic E-state index is 13.3. The predicted molar refractivity (Wildman–Crippen MR) is 125 cm³/mol. The van der Waals surface area contributed by atoms with E-state index in [1.165, 1.54) is 36.1 Å². The molecule has 4 heterocycles. The Balaban J connectivity index is 1.42. The van der Waals surface area contributed by atoms with Crippen LogP contribution in [0.4, 0.5) is 0 Å². The fraction of sp³-hybridized carbons (Fsp3) is 0.542. The Kier molecular flexibility index (Phi) is 5.56. The van der Waals surface area contributed by atoms with E-state index in [-0.39, 0.29) is 11.5 Å². The number of nitrogens with one attached hydrogen (secondary N) is 1. The summed E-state index contributed by atoms with van der Waals surface area (Å²) < 4.78 is 1.55. The first-order valence-corrected chi connectivity index (χ1v) is 12.4. The first-order valence-electron chi connectivity index (χ1n) is 11.5. The van der Waals surface area contributed by atoms with Crippen molar-refractivity contribution in [3.05, 3.63) is 44.7 Å². The maximum atomic E-state index is 13.3. The van der Waals surface area contributed by atoms with Gasteiger partial charge in [-0.05, 0) is 70.1 Å². The molecule has 7 heteroatoms. The average Bonchev–Trinajstić information content (AvgIpc) is 3.14. The van der Waals surface area contributed by atoms with E-state index in [4.69, 9.17) is 4.98 Å². The number of aryl methyl sites for hydroxylation is 2. The monoisotopic (exact) mass is 438 g/mol. The Hall–Kier alpha value is -2.25. The van der Waals surface area contributed by atoms with Gasteiger partial charge in [-0.3, -0.25) is 18.9 Å². The van der Waals surface area contributed by atoms with Crippen LogP contribution >= 0.6 is 11.3 Å². The first kappa shape index (κ1) is 20.6. The number of piperidine rings is 1. The number of nitrogens with zero attached hydrogens (tertiary/aromatic N) is 3. The summed E-state index contributed by atoms with van der Waals surface area (Å²) >= 11 is 1.62. The molecular formula is C24H30N4O2S. The number of aromatic nitrogens is 2. The van der Waals surface area contributed by atoms with Gasteiger partial charge in [0.25, 0.3) is 11.5 Å². The Morgan fingerprint density at radius 1 is 1.19 bits per heavy atom. The summed E-state index contributed by atoms with van der Waals surface area (Å²) in [5.74, 6) is -0.164. The zero-order valence-electron chi connectivity index (χ0n) is 18.3. The van der Waals surface area contributed by atoms with Crippen LogP contribution in [0, 0.1) is 0 Å². The second-order valence-electron chi connectivity index (χ2n) is 9.05. The highest BCUT2D eigenvalue weighted by Gasteiger charge is 2.25. The molecule has 1 N–H and O–H groups in total. The topological polar surface area (TPSA) is 66.7 Å². The third-order valence-corrected chi connectivity index (χ3v) is 8.22. The third-order valence-electron chi connectivity index (χ3n) is 7.04. The molecule has 0 bridgehead atoms. The normalized spacial score (nSPS) is 22.0. The minimum absolute atomic E-state index is 0.0509. The molecule has 5 rings (SSSR count). The Labute approximate surface area is 186 Å². The van der Waals surface area contributed by atoms with Crippen LogP contribution in [-0.2, 0) is 12.8 Å². The van der Waals surface area contributed by atoms with Crippen molar-refractivity contribution in [2.24, 2.45) is 0 Å². The number of thiophene rings is 1. The third kappa shape index (κ3) is 3.68. The summed E-state index contributed by atoms with van der Waals surface area (Å²) in [6, 6.07) is 4.64. The van der Waals surface area contributed by atoms with Gasteiger partial charge in [-0.1, -0.05) is 6.42 Å². The lowest BCUT2D eigenvalue weighted by Gasteiger charge is -2.39. The van der Waals surface area contributed by atoms with E-state index in [9.17, 15) is 9.59 Å². The second-order valence-corrected chi connectivity index (χ2v) is 10.1. The molecule has 1 amide bonds. The molecule has 0 unspecified atom stereocenters. The van der Waals surface area contributed by atoms with Crippen LogP contribution in [0.2, 0.25) is 0 Å². The van der Waals surface area contributed by atoms with Gasteiger partial charge in [0.05, 0.1) is 10.9 Å². The van der Waals surface area contributed by atoms with Crippen LogP contribution in [0.5, 0.6) is 0 Å². The summed E-state index contributed by atoms with van der Waals surface area (Å²) in [5.41, 5.74) is 2.05. The molecular weight excluding hydrogens is 408 g/mol. The van der Waals surface area contributed by atoms with Gasteiger partial charge >= 0.3 is 0 Å². The molecule has 2 aliphatic rings. The molecule has 31 heavy (non-hydrogen) atoms. The second kappa shape index (κ2) is 8.36. The van der Waals surface area contributed by atoms with Crippen molar-refractivity contribution in [2.45, 2.75) is 70.9 Å². The van der Waals surface area contributed by atoms with E-state index in [1.807, 2.05) is 0 Å². The van der Waals surface area contributed by atoms with Gasteiger partial charge in [0.15, 0.2) is 5.65 Å². The van der Waals surface area contributed by atoms with Crippen LogP contribution in [0.25, 0.3) is 15.9 Å². The number of amides is 1. The molecule has 0 saturated carbocycles. The van der Waals surface area contributed by atoms with Crippen molar-refractivity contribution in [1.29, 1.82) is 0 Å². The van der Waals surface area contributed by atoms with Crippen LogP contribution in [0.15, 0.2) is 23.1 Å². The molecule has 3 aromatic rings. The van der Waals surface area contributed by atoms with E-state index in [1.54, 1.807) is 34.1 Å². The molecule has 2 atom stereocenters. The zero-order chi connectivity index (χ0) is 21.5. The number of hydrogen-bond donors (Lipinski definition) is 1. The highest BCUT2D eigenvalue weighted by Crippen LogP contribution is 2.34. The number of hydrogen-bond acceptors (Lipinski definition) is 5. The molecule has 1 fully saturated rings. The summed E-state index contributed by atoms with van der Waals surface area (Å²) in [6.07, 6.45) is 9.71. The fourth-order valence-corrected chi connectivity index (χ4v) is 6.58. The Morgan fingerprint density at radius 2 is 1.97 bits per heavy atom. The number of fused-ring (bicyclic) bond motifs is 4. The Morgan fingerprint density at radius 3 is 2.77 bits per heavy atom. The number of carbonyl (C=O) groups is 1. The lowest BCUT2D eigenvalue weighted by atomic mass is 9.97. The highest BCUT2D eigenvalue weighted by molar-refractivity contribution is 7.18. The molecule has 6 nitrogen and oxygen atoms in total. The van der Waals surface area contributed by atoms with E-state index in [0.717, 1.165) is 36.0 Å². The van der Waals surface area contributed by atoms with Gasteiger partial charge in [0.1, 0.15) is 4.83 Å². The average molecular weight is 439 g/mol. The number of likely N-dealkylation sites (tertiary alicyclic amines) is 1. The van der Waals surface area contributed by atoms with Crippen molar-refractivity contribution >= 4 is 33.1 Å². The molecule has 1 aliphatic heterocycles. The Bertz CT molecular complexity index is 1190. The predicted octanol–water partition coefficient (Wildman–Crippen LogP) is 3.78. The van der Waals surface area contributed by atoms with Crippen molar-refractivity contribution < 1.29 is 4.79 Å². The molecule has 3 aromatic heterocycles. The molecule has 0 spiro atoms. The van der Waals surface area contributed by atoms with Crippen LogP contribution in [-0.4, -0.2) is 45.4 Å². The van der Waals surface area contributed by atoms with E-state index in [2.05, 4.69) is 24.1 Å². The van der Waals surface area contributed by atoms with Gasteiger partial charge in [0.2, 0.25) is 0 Å².